The highest BCUT2D eigenvalue weighted by atomic mass is 19.4. The smallest absolute Gasteiger partial charge is 0.368 e. The van der Waals surface area contributed by atoms with Gasteiger partial charge in [-0.05, 0) is 37.5 Å². The highest BCUT2D eigenvalue weighted by Gasteiger charge is 2.54. The van der Waals surface area contributed by atoms with Gasteiger partial charge in [-0.3, -0.25) is 19.1 Å². The van der Waals surface area contributed by atoms with E-state index in [1.165, 1.54) is 0 Å². The standard InChI is InChI=1S/C18H26F3N3O4/c19-18(20,21)28-9-13(25)11(7-10-3-6-23-16(10)27)14-17(4-1-2-5-17)8-12(24-14)15(22)26/h10-12,14,24H,1-9H2,(H2,22,26)(H,23,27)/t10-,11-,12?,14?/m1/s1. The average Bonchev–Trinajstić information content (AvgIpc) is 3.32. The molecule has 1 aliphatic carbocycles. The van der Waals surface area contributed by atoms with Crippen LogP contribution < -0.4 is 16.4 Å². The lowest BCUT2D eigenvalue weighted by Gasteiger charge is -2.36. The number of alkyl halides is 3. The van der Waals surface area contributed by atoms with Gasteiger partial charge in [-0.2, -0.15) is 0 Å². The lowest BCUT2D eigenvalue weighted by Crippen LogP contribution is -2.49. The number of amides is 2. The molecule has 2 saturated heterocycles. The Morgan fingerprint density at radius 1 is 1.29 bits per heavy atom. The van der Waals surface area contributed by atoms with Crippen molar-refractivity contribution in [3.63, 3.8) is 0 Å². The summed E-state index contributed by atoms with van der Waals surface area (Å²) in [5.74, 6) is -2.72. The topological polar surface area (TPSA) is 111 Å². The molecule has 0 bridgehead atoms. The Morgan fingerprint density at radius 3 is 2.50 bits per heavy atom. The van der Waals surface area contributed by atoms with Gasteiger partial charge in [-0.15, -0.1) is 13.2 Å². The number of carbonyl (C=O) groups is 3. The van der Waals surface area contributed by atoms with Crippen LogP contribution in [0.3, 0.4) is 0 Å². The Morgan fingerprint density at radius 2 is 1.96 bits per heavy atom. The van der Waals surface area contributed by atoms with Crippen molar-refractivity contribution >= 4 is 17.6 Å². The van der Waals surface area contributed by atoms with Gasteiger partial charge in [0.15, 0.2) is 5.78 Å². The second-order valence-electron chi connectivity index (χ2n) is 8.19. The van der Waals surface area contributed by atoms with Gasteiger partial charge >= 0.3 is 6.36 Å². The van der Waals surface area contributed by atoms with Crippen LogP contribution in [0.1, 0.15) is 44.9 Å². The zero-order chi connectivity index (χ0) is 20.5. The molecule has 4 N–H and O–H groups in total. The number of ketones is 1. The van der Waals surface area contributed by atoms with Crippen molar-refractivity contribution in [1.82, 2.24) is 10.6 Å². The minimum atomic E-state index is -4.91. The van der Waals surface area contributed by atoms with Gasteiger partial charge in [-0.25, -0.2) is 0 Å². The van der Waals surface area contributed by atoms with Gasteiger partial charge in [0.1, 0.15) is 6.61 Å². The van der Waals surface area contributed by atoms with Crippen molar-refractivity contribution in [1.29, 1.82) is 0 Å². The predicted molar refractivity (Wildman–Crippen MR) is 91.7 cm³/mol. The van der Waals surface area contributed by atoms with Crippen LogP contribution in [0.25, 0.3) is 0 Å². The van der Waals surface area contributed by atoms with Gasteiger partial charge in [0.05, 0.1) is 6.04 Å². The van der Waals surface area contributed by atoms with Crippen molar-refractivity contribution in [2.45, 2.75) is 63.4 Å². The van der Waals surface area contributed by atoms with E-state index in [2.05, 4.69) is 15.4 Å². The monoisotopic (exact) mass is 405 g/mol. The zero-order valence-corrected chi connectivity index (χ0v) is 15.5. The number of halogens is 3. The summed E-state index contributed by atoms with van der Waals surface area (Å²) in [5, 5.41) is 5.82. The SMILES string of the molecule is NC(=O)C1CC2(CCCC2)C([C@H](C[C@H]2CCNC2=O)C(=O)COC(F)(F)F)N1. The number of nitrogens with one attached hydrogen (secondary N) is 2. The minimum Gasteiger partial charge on any atom is -0.368 e. The summed E-state index contributed by atoms with van der Waals surface area (Å²) < 4.78 is 41.2. The molecule has 2 amide bonds. The lowest BCUT2D eigenvalue weighted by molar-refractivity contribution is -0.321. The summed E-state index contributed by atoms with van der Waals surface area (Å²) in [5.41, 5.74) is 5.10. The van der Waals surface area contributed by atoms with E-state index in [0.29, 0.717) is 19.4 Å². The van der Waals surface area contributed by atoms with Crippen molar-refractivity contribution in [3.8, 4) is 0 Å². The molecule has 2 unspecified atom stereocenters. The number of carbonyl (C=O) groups excluding carboxylic acids is 3. The van der Waals surface area contributed by atoms with Crippen LogP contribution >= 0.6 is 0 Å². The fourth-order valence-electron chi connectivity index (χ4n) is 5.20. The Hall–Kier alpha value is -1.68. The van der Waals surface area contributed by atoms with Crippen molar-refractivity contribution in [3.05, 3.63) is 0 Å². The number of nitrogens with two attached hydrogens (primary N) is 1. The van der Waals surface area contributed by atoms with Crippen LogP contribution in [0.2, 0.25) is 0 Å². The van der Waals surface area contributed by atoms with Gasteiger partial charge in [0.25, 0.3) is 0 Å². The maximum absolute atomic E-state index is 12.8. The van der Waals surface area contributed by atoms with E-state index in [1.54, 1.807) is 0 Å². The molecule has 3 fully saturated rings. The number of primary amides is 1. The van der Waals surface area contributed by atoms with Crippen LogP contribution in [-0.4, -0.2) is 49.2 Å². The summed E-state index contributed by atoms with van der Waals surface area (Å²) in [6, 6.07) is -1.12. The third-order valence-corrected chi connectivity index (χ3v) is 6.49. The molecule has 158 valence electrons. The lowest BCUT2D eigenvalue weighted by atomic mass is 9.70. The van der Waals surface area contributed by atoms with E-state index >= 15 is 0 Å². The first-order chi connectivity index (χ1) is 13.1. The van der Waals surface area contributed by atoms with Crippen LogP contribution in [0, 0.1) is 17.3 Å². The number of hydrogen-bond acceptors (Lipinski definition) is 5. The van der Waals surface area contributed by atoms with Gasteiger partial charge < -0.3 is 16.4 Å². The molecule has 0 aromatic heterocycles. The molecule has 1 saturated carbocycles. The summed E-state index contributed by atoms with van der Waals surface area (Å²) >= 11 is 0. The molecule has 0 aromatic rings. The number of hydrogen-bond donors (Lipinski definition) is 3. The summed E-state index contributed by atoms with van der Waals surface area (Å²) in [6.45, 7) is -0.616. The normalized spacial score (nSPS) is 30.5. The number of rotatable bonds is 7. The van der Waals surface area contributed by atoms with Crippen molar-refractivity contribution < 1.29 is 32.3 Å². The Bertz CT molecular complexity index is 634. The number of Topliss-reactive ketones (excluding diaryl/α,β-unsaturated/α-hetero) is 1. The first-order valence-electron chi connectivity index (χ1n) is 9.68. The van der Waals surface area contributed by atoms with Gasteiger partial charge in [-0.1, -0.05) is 12.8 Å². The Kier molecular flexibility index (Phi) is 6.00. The third-order valence-electron chi connectivity index (χ3n) is 6.49. The van der Waals surface area contributed by atoms with E-state index in [9.17, 15) is 27.6 Å². The van der Waals surface area contributed by atoms with E-state index in [1.807, 2.05) is 0 Å². The van der Waals surface area contributed by atoms with Crippen molar-refractivity contribution in [2.24, 2.45) is 23.0 Å². The molecular weight excluding hydrogens is 379 g/mol. The molecular formula is C18H26F3N3O4. The van der Waals surface area contributed by atoms with Crippen LogP contribution in [0.15, 0.2) is 0 Å². The molecule has 0 radical (unpaired) electrons. The highest BCUT2D eigenvalue weighted by molar-refractivity contribution is 5.86. The maximum atomic E-state index is 12.8. The third kappa shape index (κ3) is 4.48. The zero-order valence-electron chi connectivity index (χ0n) is 15.5. The predicted octanol–water partition coefficient (Wildman–Crippen LogP) is 1.01. The molecule has 2 aliphatic heterocycles. The van der Waals surface area contributed by atoms with E-state index < -0.39 is 48.6 Å². The number of ether oxygens (including phenoxy) is 1. The molecule has 28 heavy (non-hydrogen) atoms. The molecule has 3 aliphatic rings. The van der Waals surface area contributed by atoms with E-state index in [4.69, 9.17) is 5.73 Å². The first-order valence-corrected chi connectivity index (χ1v) is 9.68. The summed E-state index contributed by atoms with van der Waals surface area (Å²) in [4.78, 5) is 36.6. The maximum Gasteiger partial charge on any atom is 0.522 e. The molecule has 3 rings (SSSR count). The van der Waals surface area contributed by atoms with E-state index in [-0.39, 0.29) is 17.7 Å². The molecule has 2 heterocycles. The molecule has 0 aromatic carbocycles. The van der Waals surface area contributed by atoms with Crippen LogP contribution in [0.4, 0.5) is 13.2 Å². The Balaban J connectivity index is 1.84. The van der Waals surface area contributed by atoms with Gasteiger partial charge in [0.2, 0.25) is 11.8 Å². The molecule has 4 atom stereocenters. The van der Waals surface area contributed by atoms with Gasteiger partial charge in [0, 0.05) is 24.4 Å². The quantitative estimate of drug-likeness (QED) is 0.586. The highest BCUT2D eigenvalue weighted by Crippen LogP contribution is 2.51. The summed E-state index contributed by atoms with van der Waals surface area (Å²) in [7, 11) is 0. The summed E-state index contributed by atoms with van der Waals surface area (Å²) in [6.07, 6.45) is -0.382. The van der Waals surface area contributed by atoms with Crippen LogP contribution in [-0.2, 0) is 19.1 Å². The second-order valence-corrected chi connectivity index (χ2v) is 8.19. The molecule has 10 heteroatoms. The first kappa shape index (κ1) is 21.0. The molecule has 1 spiro atoms. The Labute approximate surface area is 160 Å². The minimum absolute atomic E-state index is 0.136. The average molecular weight is 405 g/mol. The fraction of sp³-hybridized carbons (Fsp3) is 0.833. The van der Waals surface area contributed by atoms with Crippen LogP contribution in [0.5, 0.6) is 0 Å². The van der Waals surface area contributed by atoms with Crippen molar-refractivity contribution in [2.75, 3.05) is 13.2 Å². The second kappa shape index (κ2) is 7.98. The largest absolute Gasteiger partial charge is 0.522 e. The van der Waals surface area contributed by atoms with E-state index in [0.717, 1.165) is 25.7 Å². The fourth-order valence-corrected chi connectivity index (χ4v) is 5.20. The molecule has 7 nitrogen and oxygen atoms in total.